The number of anilines is 1. The number of nitrogens with one attached hydrogen (secondary N) is 1. The lowest BCUT2D eigenvalue weighted by Gasteiger charge is -2.24. The molecule has 3 aromatic rings. The van der Waals surface area contributed by atoms with E-state index in [1.54, 1.807) is 60.7 Å². The average Bonchev–Trinajstić information content (AvgIpc) is 2.90. The molecule has 0 heterocycles. The molecule has 0 saturated heterocycles. The van der Waals surface area contributed by atoms with Crippen molar-refractivity contribution < 1.29 is 22.7 Å². The minimum atomic E-state index is -4.08. The zero-order valence-corrected chi connectivity index (χ0v) is 22.4. The highest BCUT2D eigenvalue weighted by atomic mass is 35.5. The fourth-order valence-electron chi connectivity index (χ4n) is 3.26. The van der Waals surface area contributed by atoms with Crippen LogP contribution in [0.25, 0.3) is 0 Å². The van der Waals surface area contributed by atoms with Crippen molar-refractivity contribution in [3.05, 3.63) is 108 Å². The average molecular weight is 554 g/mol. The van der Waals surface area contributed by atoms with Gasteiger partial charge in [0.15, 0.2) is 0 Å². The lowest BCUT2D eigenvalue weighted by Crippen LogP contribution is -2.39. The van der Waals surface area contributed by atoms with Crippen molar-refractivity contribution in [1.82, 2.24) is 5.43 Å². The van der Waals surface area contributed by atoms with Gasteiger partial charge in [-0.15, -0.1) is 0 Å². The summed E-state index contributed by atoms with van der Waals surface area (Å²) in [7, 11) is -4.08. The molecule has 0 fully saturated rings. The molecule has 0 aliphatic rings. The molecule has 0 spiro atoms. The Morgan fingerprint density at radius 3 is 2.42 bits per heavy atom. The lowest BCUT2D eigenvalue weighted by molar-refractivity contribution is -0.119. The Labute approximate surface area is 227 Å². The zero-order valence-electron chi connectivity index (χ0n) is 20.8. The molecule has 0 radical (unpaired) electrons. The predicted octanol–water partition coefficient (Wildman–Crippen LogP) is 5.12. The van der Waals surface area contributed by atoms with Crippen LogP contribution >= 0.6 is 11.6 Å². The number of hydrazone groups is 1. The topological polar surface area (TPSA) is 97.3 Å². The summed E-state index contributed by atoms with van der Waals surface area (Å²) in [4.78, 5) is 12.9. The van der Waals surface area contributed by atoms with E-state index in [1.807, 2.05) is 6.92 Å². The van der Waals surface area contributed by atoms with Crippen molar-refractivity contribution in [2.45, 2.75) is 11.8 Å². The second-order valence-electron chi connectivity index (χ2n) is 8.00. The molecule has 1 N–H and O–H groups in total. The van der Waals surface area contributed by atoms with Crippen molar-refractivity contribution in [3.8, 4) is 11.5 Å². The van der Waals surface area contributed by atoms with Gasteiger partial charge in [0.2, 0.25) is 0 Å². The second-order valence-corrected chi connectivity index (χ2v) is 10.3. The molecule has 0 aliphatic heterocycles. The first kappa shape index (κ1) is 28.5. The lowest BCUT2D eigenvalue weighted by atomic mass is 10.2. The number of nitrogens with zero attached hydrogens (tertiary/aromatic N) is 2. The summed E-state index contributed by atoms with van der Waals surface area (Å²) < 4.78 is 39.1. The van der Waals surface area contributed by atoms with Crippen LogP contribution in [0.3, 0.4) is 0 Å². The number of hydrogen-bond donors (Lipinski definition) is 1. The molecule has 0 atom stereocenters. The normalized spacial score (nSPS) is 11.1. The van der Waals surface area contributed by atoms with E-state index in [2.05, 4.69) is 23.7 Å². The SMILES string of the molecule is C=CCOc1ccc(C=NNC(=O)CN(c2cccc(Cl)c2)S(=O)(=O)c2ccc(C)cc2)c(OCC=C)c1. The van der Waals surface area contributed by atoms with Crippen LogP contribution in [0.1, 0.15) is 11.1 Å². The Morgan fingerprint density at radius 2 is 1.74 bits per heavy atom. The molecule has 1 amide bonds. The van der Waals surface area contributed by atoms with Gasteiger partial charge in [-0.1, -0.05) is 60.7 Å². The maximum atomic E-state index is 13.5. The zero-order chi connectivity index (χ0) is 27.5. The quantitative estimate of drug-likeness (QED) is 0.180. The van der Waals surface area contributed by atoms with Gasteiger partial charge in [0, 0.05) is 16.7 Å². The van der Waals surface area contributed by atoms with Crippen LogP contribution in [0.4, 0.5) is 5.69 Å². The first-order chi connectivity index (χ1) is 18.2. The standard InChI is InChI=1S/C28H28ClN3O5S/c1-4-15-36-25-12-11-22(27(18-25)37-16-5-2)19-30-31-28(33)20-32(24-8-6-7-23(29)17-24)38(34,35)26-13-9-21(3)10-14-26/h4-14,17-19H,1-2,15-16,20H2,3H3,(H,31,33). The monoisotopic (exact) mass is 553 g/mol. The second kappa shape index (κ2) is 13.5. The van der Waals surface area contributed by atoms with Crippen LogP contribution in [0.5, 0.6) is 11.5 Å². The van der Waals surface area contributed by atoms with E-state index in [4.69, 9.17) is 21.1 Å². The third-order valence-electron chi connectivity index (χ3n) is 5.09. The van der Waals surface area contributed by atoms with Gasteiger partial charge in [-0.2, -0.15) is 5.10 Å². The highest BCUT2D eigenvalue weighted by molar-refractivity contribution is 7.92. The van der Waals surface area contributed by atoms with Gasteiger partial charge in [-0.3, -0.25) is 9.10 Å². The molecule has 3 aromatic carbocycles. The Kier molecular flexibility index (Phi) is 10.1. The Morgan fingerprint density at radius 1 is 1.03 bits per heavy atom. The van der Waals surface area contributed by atoms with Gasteiger partial charge in [0.25, 0.3) is 15.9 Å². The number of aryl methyl sites for hydroxylation is 1. The Hall–Kier alpha value is -4.08. The van der Waals surface area contributed by atoms with E-state index in [1.165, 1.54) is 24.4 Å². The summed E-state index contributed by atoms with van der Waals surface area (Å²) in [5.41, 5.74) is 4.10. The first-order valence-corrected chi connectivity index (χ1v) is 13.3. The number of sulfonamides is 1. The summed E-state index contributed by atoms with van der Waals surface area (Å²) in [6.45, 7) is 9.18. The number of ether oxygens (including phenoxy) is 2. The number of rotatable bonds is 13. The number of benzene rings is 3. The minimum absolute atomic E-state index is 0.0437. The van der Waals surface area contributed by atoms with E-state index < -0.39 is 22.5 Å². The highest BCUT2D eigenvalue weighted by Crippen LogP contribution is 2.27. The molecule has 0 saturated carbocycles. The predicted molar refractivity (Wildman–Crippen MR) is 151 cm³/mol. The summed E-state index contributed by atoms with van der Waals surface area (Å²) >= 11 is 6.11. The largest absolute Gasteiger partial charge is 0.489 e. The first-order valence-electron chi connectivity index (χ1n) is 11.5. The van der Waals surface area contributed by atoms with Crippen molar-refractivity contribution in [3.63, 3.8) is 0 Å². The van der Waals surface area contributed by atoms with Crippen LogP contribution in [0.15, 0.2) is 102 Å². The third-order valence-corrected chi connectivity index (χ3v) is 7.12. The fraction of sp³-hybridized carbons (Fsp3) is 0.143. The van der Waals surface area contributed by atoms with Crippen molar-refractivity contribution in [1.29, 1.82) is 0 Å². The molecule has 0 unspecified atom stereocenters. The van der Waals surface area contributed by atoms with Crippen LogP contribution in [0.2, 0.25) is 5.02 Å². The fourth-order valence-corrected chi connectivity index (χ4v) is 4.86. The number of halogens is 1. The van der Waals surface area contributed by atoms with Crippen LogP contribution in [-0.2, 0) is 14.8 Å². The maximum Gasteiger partial charge on any atom is 0.264 e. The van der Waals surface area contributed by atoms with Crippen LogP contribution in [0, 0.1) is 6.92 Å². The number of amides is 1. The molecule has 8 nitrogen and oxygen atoms in total. The third kappa shape index (κ3) is 7.71. The van der Waals surface area contributed by atoms with Crippen molar-refractivity contribution in [2.24, 2.45) is 5.10 Å². The van der Waals surface area contributed by atoms with Crippen molar-refractivity contribution in [2.75, 3.05) is 24.1 Å². The van der Waals surface area contributed by atoms with Crippen LogP contribution < -0.4 is 19.2 Å². The molecule has 3 rings (SSSR count). The van der Waals surface area contributed by atoms with Crippen molar-refractivity contribution >= 4 is 39.4 Å². The van der Waals surface area contributed by atoms with E-state index in [0.717, 1.165) is 9.87 Å². The maximum absolute atomic E-state index is 13.5. The Balaban J connectivity index is 1.81. The molecular formula is C28H28ClN3O5S. The van der Waals surface area contributed by atoms with Gasteiger partial charge >= 0.3 is 0 Å². The van der Waals surface area contributed by atoms with Gasteiger partial charge in [0.1, 0.15) is 31.3 Å². The smallest absolute Gasteiger partial charge is 0.264 e. The summed E-state index contributed by atoms with van der Waals surface area (Å²) in [6, 6.07) is 17.7. The van der Waals surface area contributed by atoms with E-state index >= 15 is 0 Å². The van der Waals surface area contributed by atoms with E-state index in [9.17, 15) is 13.2 Å². The number of hydrogen-bond acceptors (Lipinski definition) is 6. The Bertz CT molecular complexity index is 1420. The molecule has 0 aromatic heterocycles. The van der Waals surface area contributed by atoms with E-state index in [-0.39, 0.29) is 17.2 Å². The molecule has 198 valence electrons. The molecule has 38 heavy (non-hydrogen) atoms. The minimum Gasteiger partial charge on any atom is -0.489 e. The summed E-state index contributed by atoms with van der Waals surface area (Å²) in [5, 5.41) is 4.33. The van der Waals surface area contributed by atoms with Gasteiger partial charge in [-0.25, -0.2) is 13.8 Å². The van der Waals surface area contributed by atoms with Gasteiger partial charge in [0.05, 0.1) is 16.8 Å². The van der Waals surface area contributed by atoms with E-state index in [0.29, 0.717) is 28.7 Å². The summed E-state index contributed by atoms with van der Waals surface area (Å²) in [6.07, 6.45) is 4.62. The molecular weight excluding hydrogens is 526 g/mol. The molecule has 0 aliphatic carbocycles. The molecule has 0 bridgehead atoms. The van der Waals surface area contributed by atoms with Gasteiger partial charge in [-0.05, 0) is 49.4 Å². The molecule has 10 heteroatoms. The number of carbonyl (C=O) groups is 1. The number of carbonyl (C=O) groups excluding carboxylic acids is 1. The van der Waals surface area contributed by atoms with Crippen LogP contribution in [-0.4, -0.2) is 40.3 Å². The summed E-state index contributed by atoms with van der Waals surface area (Å²) in [5.74, 6) is 0.381. The highest BCUT2D eigenvalue weighted by Gasteiger charge is 2.27. The van der Waals surface area contributed by atoms with Gasteiger partial charge < -0.3 is 9.47 Å².